The monoisotopic (exact) mass is 240 g/mol. The SMILES string of the molecule is CCNC(CN1CCC(C(C)C)C1)C(C)CC. The van der Waals surface area contributed by atoms with E-state index < -0.39 is 0 Å². The second-order valence-corrected chi connectivity index (χ2v) is 6.10. The molecule has 1 saturated heterocycles. The van der Waals surface area contributed by atoms with Crippen LogP contribution >= 0.6 is 0 Å². The van der Waals surface area contributed by atoms with Gasteiger partial charge in [0, 0.05) is 19.1 Å². The summed E-state index contributed by atoms with van der Waals surface area (Å²) in [6.45, 7) is 16.6. The number of hydrogen-bond acceptors (Lipinski definition) is 2. The molecule has 0 amide bonds. The highest BCUT2D eigenvalue weighted by Gasteiger charge is 2.27. The minimum absolute atomic E-state index is 0.677. The lowest BCUT2D eigenvalue weighted by atomic mass is 9.95. The fourth-order valence-electron chi connectivity index (χ4n) is 2.84. The van der Waals surface area contributed by atoms with Crippen LogP contribution in [0, 0.1) is 17.8 Å². The van der Waals surface area contributed by atoms with Crippen LogP contribution in [0.1, 0.15) is 47.5 Å². The Hall–Kier alpha value is -0.0800. The van der Waals surface area contributed by atoms with Gasteiger partial charge in [0.15, 0.2) is 0 Å². The van der Waals surface area contributed by atoms with Crippen LogP contribution < -0.4 is 5.32 Å². The predicted octanol–water partition coefficient (Wildman–Crippen LogP) is 2.99. The number of likely N-dealkylation sites (N-methyl/N-ethyl adjacent to an activating group) is 1. The average Bonchev–Trinajstić information content (AvgIpc) is 2.76. The summed E-state index contributed by atoms with van der Waals surface area (Å²) in [5.41, 5.74) is 0. The van der Waals surface area contributed by atoms with E-state index in [0.717, 1.165) is 24.3 Å². The molecule has 0 bridgehead atoms. The zero-order valence-corrected chi connectivity index (χ0v) is 12.5. The number of nitrogens with one attached hydrogen (secondary N) is 1. The van der Waals surface area contributed by atoms with Gasteiger partial charge in [0.2, 0.25) is 0 Å². The van der Waals surface area contributed by atoms with Crippen LogP contribution in [0.15, 0.2) is 0 Å². The maximum atomic E-state index is 3.66. The van der Waals surface area contributed by atoms with E-state index in [4.69, 9.17) is 0 Å². The molecule has 102 valence electrons. The molecule has 2 heteroatoms. The van der Waals surface area contributed by atoms with Crippen molar-refractivity contribution in [3.8, 4) is 0 Å². The maximum absolute atomic E-state index is 3.66. The minimum atomic E-state index is 0.677. The van der Waals surface area contributed by atoms with Crippen LogP contribution in [0.5, 0.6) is 0 Å². The number of rotatable bonds is 7. The van der Waals surface area contributed by atoms with E-state index in [-0.39, 0.29) is 0 Å². The standard InChI is InChI=1S/C15H32N2/c1-6-13(5)15(16-7-2)11-17-9-8-14(10-17)12(3)4/h12-16H,6-11H2,1-5H3. The second kappa shape index (κ2) is 7.38. The van der Waals surface area contributed by atoms with Crippen LogP contribution in [0.2, 0.25) is 0 Å². The van der Waals surface area contributed by atoms with E-state index in [9.17, 15) is 0 Å². The lowest BCUT2D eigenvalue weighted by Crippen LogP contribution is -2.44. The minimum Gasteiger partial charge on any atom is -0.313 e. The van der Waals surface area contributed by atoms with Crippen molar-refractivity contribution in [2.45, 2.75) is 53.5 Å². The van der Waals surface area contributed by atoms with Crippen molar-refractivity contribution in [2.24, 2.45) is 17.8 Å². The van der Waals surface area contributed by atoms with Crippen molar-refractivity contribution >= 4 is 0 Å². The second-order valence-electron chi connectivity index (χ2n) is 6.10. The summed E-state index contributed by atoms with van der Waals surface area (Å²) in [7, 11) is 0. The molecule has 0 aromatic rings. The van der Waals surface area contributed by atoms with E-state index in [1.165, 1.54) is 32.5 Å². The lowest BCUT2D eigenvalue weighted by molar-refractivity contribution is 0.234. The Labute approximate surface area is 108 Å². The molecule has 0 aromatic carbocycles. The highest BCUT2D eigenvalue weighted by atomic mass is 15.2. The van der Waals surface area contributed by atoms with Crippen molar-refractivity contribution in [2.75, 3.05) is 26.2 Å². The van der Waals surface area contributed by atoms with Crippen molar-refractivity contribution < 1.29 is 0 Å². The van der Waals surface area contributed by atoms with Crippen LogP contribution in [-0.4, -0.2) is 37.1 Å². The predicted molar refractivity (Wildman–Crippen MR) is 76.3 cm³/mol. The third-order valence-corrected chi connectivity index (χ3v) is 4.50. The number of nitrogens with zero attached hydrogens (tertiary/aromatic N) is 1. The third-order valence-electron chi connectivity index (χ3n) is 4.50. The number of hydrogen-bond donors (Lipinski definition) is 1. The Kier molecular flexibility index (Phi) is 6.50. The Morgan fingerprint density at radius 2 is 1.94 bits per heavy atom. The summed E-state index contributed by atoms with van der Waals surface area (Å²) in [6.07, 6.45) is 2.68. The third kappa shape index (κ3) is 4.59. The molecular weight excluding hydrogens is 208 g/mol. The van der Waals surface area contributed by atoms with Gasteiger partial charge in [-0.15, -0.1) is 0 Å². The highest BCUT2D eigenvalue weighted by Crippen LogP contribution is 2.24. The van der Waals surface area contributed by atoms with Crippen LogP contribution in [0.4, 0.5) is 0 Å². The molecule has 0 spiro atoms. The van der Waals surface area contributed by atoms with E-state index in [2.05, 4.69) is 44.8 Å². The Bertz CT molecular complexity index is 203. The van der Waals surface area contributed by atoms with Gasteiger partial charge in [-0.3, -0.25) is 0 Å². The molecule has 0 radical (unpaired) electrons. The Morgan fingerprint density at radius 1 is 1.24 bits per heavy atom. The first-order chi connectivity index (χ1) is 8.08. The van der Waals surface area contributed by atoms with Gasteiger partial charge in [-0.25, -0.2) is 0 Å². The summed E-state index contributed by atoms with van der Waals surface area (Å²) in [4.78, 5) is 2.67. The van der Waals surface area contributed by atoms with Crippen molar-refractivity contribution in [3.63, 3.8) is 0 Å². The molecule has 0 aromatic heterocycles. The molecule has 0 saturated carbocycles. The first kappa shape index (κ1) is 15.0. The molecule has 3 atom stereocenters. The van der Waals surface area contributed by atoms with Gasteiger partial charge in [0.05, 0.1) is 0 Å². The molecular formula is C15H32N2. The molecule has 1 rings (SSSR count). The fraction of sp³-hybridized carbons (Fsp3) is 1.00. The normalized spacial score (nSPS) is 25.4. The topological polar surface area (TPSA) is 15.3 Å². The van der Waals surface area contributed by atoms with Gasteiger partial charge in [-0.05, 0) is 37.3 Å². The first-order valence-corrected chi connectivity index (χ1v) is 7.54. The quantitative estimate of drug-likeness (QED) is 0.736. The fourth-order valence-corrected chi connectivity index (χ4v) is 2.84. The summed E-state index contributed by atoms with van der Waals surface area (Å²) >= 11 is 0. The average molecular weight is 240 g/mol. The van der Waals surface area contributed by atoms with E-state index in [0.29, 0.717) is 6.04 Å². The summed E-state index contributed by atoms with van der Waals surface area (Å²) in [6, 6.07) is 0.677. The van der Waals surface area contributed by atoms with Crippen molar-refractivity contribution in [3.05, 3.63) is 0 Å². The van der Waals surface area contributed by atoms with E-state index in [1.54, 1.807) is 0 Å². The Morgan fingerprint density at radius 3 is 2.41 bits per heavy atom. The summed E-state index contributed by atoms with van der Waals surface area (Å²) < 4.78 is 0. The molecule has 17 heavy (non-hydrogen) atoms. The van der Waals surface area contributed by atoms with Crippen LogP contribution in [0.3, 0.4) is 0 Å². The molecule has 1 aliphatic rings. The van der Waals surface area contributed by atoms with Gasteiger partial charge < -0.3 is 10.2 Å². The van der Waals surface area contributed by atoms with E-state index in [1.807, 2.05) is 0 Å². The van der Waals surface area contributed by atoms with Gasteiger partial charge in [-0.2, -0.15) is 0 Å². The molecule has 1 fully saturated rings. The molecule has 1 heterocycles. The van der Waals surface area contributed by atoms with Crippen LogP contribution in [0.25, 0.3) is 0 Å². The number of likely N-dealkylation sites (tertiary alicyclic amines) is 1. The first-order valence-electron chi connectivity index (χ1n) is 7.54. The molecule has 1 N–H and O–H groups in total. The maximum Gasteiger partial charge on any atom is 0.0220 e. The largest absolute Gasteiger partial charge is 0.313 e. The highest BCUT2D eigenvalue weighted by molar-refractivity contribution is 4.83. The summed E-state index contributed by atoms with van der Waals surface area (Å²) in [5.74, 6) is 2.56. The lowest BCUT2D eigenvalue weighted by Gasteiger charge is -2.29. The molecule has 0 aliphatic carbocycles. The molecule has 3 unspecified atom stereocenters. The van der Waals surface area contributed by atoms with Crippen molar-refractivity contribution in [1.82, 2.24) is 10.2 Å². The van der Waals surface area contributed by atoms with E-state index >= 15 is 0 Å². The van der Waals surface area contributed by atoms with Crippen molar-refractivity contribution in [1.29, 1.82) is 0 Å². The summed E-state index contributed by atoms with van der Waals surface area (Å²) in [5, 5.41) is 3.66. The molecule has 1 aliphatic heterocycles. The zero-order chi connectivity index (χ0) is 12.8. The van der Waals surface area contributed by atoms with Crippen LogP contribution in [-0.2, 0) is 0 Å². The van der Waals surface area contributed by atoms with Gasteiger partial charge in [0.1, 0.15) is 0 Å². The molecule has 2 nitrogen and oxygen atoms in total. The Balaban J connectivity index is 2.40. The van der Waals surface area contributed by atoms with Gasteiger partial charge in [0.25, 0.3) is 0 Å². The zero-order valence-electron chi connectivity index (χ0n) is 12.5. The van der Waals surface area contributed by atoms with Gasteiger partial charge in [-0.1, -0.05) is 41.0 Å². The van der Waals surface area contributed by atoms with Gasteiger partial charge >= 0.3 is 0 Å². The smallest absolute Gasteiger partial charge is 0.0220 e.